The first-order valence-electron chi connectivity index (χ1n) is 4.91. The first-order valence-corrected chi connectivity index (χ1v) is 5.73. The van der Waals surface area contributed by atoms with Crippen LogP contribution in [0.5, 0.6) is 0 Å². The second-order valence-electron chi connectivity index (χ2n) is 4.04. The normalized spacial score (nSPS) is 11.1. The number of nitrogen functional groups attached to an aromatic ring is 1. The molecule has 94 valence electrons. The number of ether oxygens (including phenoxy) is 1. The summed E-state index contributed by atoms with van der Waals surface area (Å²) in [6, 6.07) is 0. The van der Waals surface area contributed by atoms with Crippen LogP contribution in [0, 0.1) is 6.92 Å². The van der Waals surface area contributed by atoms with Crippen molar-refractivity contribution in [2.45, 2.75) is 26.3 Å². The molecule has 0 saturated heterocycles. The van der Waals surface area contributed by atoms with Gasteiger partial charge in [0.1, 0.15) is 10.4 Å². The number of hydrogen-bond acceptors (Lipinski definition) is 6. The van der Waals surface area contributed by atoms with E-state index in [0.29, 0.717) is 15.7 Å². The molecule has 0 spiro atoms. The van der Waals surface area contributed by atoms with Crippen molar-refractivity contribution in [1.82, 2.24) is 10.3 Å². The van der Waals surface area contributed by atoms with Gasteiger partial charge >= 0.3 is 5.97 Å². The Balaban J connectivity index is 2.86. The van der Waals surface area contributed by atoms with E-state index in [1.807, 2.05) is 0 Å². The van der Waals surface area contributed by atoms with E-state index in [0.717, 1.165) is 11.3 Å². The van der Waals surface area contributed by atoms with Crippen molar-refractivity contribution in [2.75, 3.05) is 12.8 Å². The smallest absolute Gasteiger partial charge is 0.330 e. The standard InChI is InChI=1S/C10H15N3O3S/c1-5-6(17-9(11)12-5)7(14)13-10(2,3)8(15)16-4/h1-4H3,(H2,11,12)(H,13,14). The predicted octanol–water partition coefficient (Wildman–Crippen LogP) is 0.715. The minimum Gasteiger partial charge on any atom is -0.467 e. The predicted molar refractivity (Wildman–Crippen MR) is 64.8 cm³/mol. The molecule has 1 aromatic heterocycles. The van der Waals surface area contributed by atoms with E-state index in [9.17, 15) is 9.59 Å². The van der Waals surface area contributed by atoms with Gasteiger partial charge < -0.3 is 15.8 Å². The third-order valence-electron chi connectivity index (χ3n) is 2.14. The molecule has 7 heteroatoms. The highest BCUT2D eigenvalue weighted by atomic mass is 32.1. The molecule has 0 saturated carbocycles. The van der Waals surface area contributed by atoms with E-state index in [1.165, 1.54) is 7.11 Å². The Morgan fingerprint density at radius 3 is 2.47 bits per heavy atom. The number of nitrogens with zero attached hydrogens (tertiary/aromatic N) is 1. The Labute approximate surface area is 103 Å². The number of anilines is 1. The third-order valence-corrected chi connectivity index (χ3v) is 3.13. The third kappa shape index (κ3) is 2.94. The summed E-state index contributed by atoms with van der Waals surface area (Å²) in [6.07, 6.45) is 0. The minimum atomic E-state index is -1.09. The van der Waals surface area contributed by atoms with Gasteiger partial charge in [-0.1, -0.05) is 11.3 Å². The Bertz CT molecular complexity index is 454. The SMILES string of the molecule is COC(=O)C(C)(C)NC(=O)c1sc(N)nc1C. The number of aryl methyl sites for hydroxylation is 1. The molecular formula is C10H15N3O3S. The molecule has 6 nitrogen and oxygen atoms in total. The van der Waals surface area contributed by atoms with Gasteiger partial charge in [-0.25, -0.2) is 9.78 Å². The molecule has 1 amide bonds. The Hall–Kier alpha value is -1.63. The maximum absolute atomic E-state index is 11.9. The van der Waals surface area contributed by atoms with Crippen LogP contribution < -0.4 is 11.1 Å². The molecule has 0 atom stereocenters. The highest BCUT2D eigenvalue weighted by Gasteiger charge is 2.31. The molecule has 0 unspecified atom stereocenters. The van der Waals surface area contributed by atoms with Crippen molar-refractivity contribution in [3.63, 3.8) is 0 Å². The van der Waals surface area contributed by atoms with Gasteiger partial charge in [0.05, 0.1) is 12.8 Å². The number of esters is 1. The van der Waals surface area contributed by atoms with E-state index < -0.39 is 11.5 Å². The molecule has 0 aliphatic carbocycles. The number of methoxy groups -OCH3 is 1. The van der Waals surface area contributed by atoms with Gasteiger partial charge in [0.15, 0.2) is 5.13 Å². The number of nitrogens with one attached hydrogen (secondary N) is 1. The maximum atomic E-state index is 11.9. The number of thiazole rings is 1. The van der Waals surface area contributed by atoms with Crippen LogP contribution in [0.3, 0.4) is 0 Å². The summed E-state index contributed by atoms with van der Waals surface area (Å²) >= 11 is 1.08. The van der Waals surface area contributed by atoms with E-state index in [4.69, 9.17) is 5.73 Å². The lowest BCUT2D eigenvalue weighted by Crippen LogP contribution is -2.50. The molecule has 1 heterocycles. The second-order valence-corrected chi connectivity index (χ2v) is 5.07. The highest BCUT2D eigenvalue weighted by Crippen LogP contribution is 2.20. The number of nitrogens with two attached hydrogens (primary N) is 1. The average Bonchev–Trinajstić information content (AvgIpc) is 2.56. The molecule has 1 rings (SSSR count). The van der Waals surface area contributed by atoms with E-state index in [2.05, 4.69) is 15.0 Å². The van der Waals surface area contributed by atoms with E-state index in [1.54, 1.807) is 20.8 Å². The lowest BCUT2D eigenvalue weighted by Gasteiger charge is -2.22. The van der Waals surface area contributed by atoms with Crippen molar-refractivity contribution >= 4 is 28.3 Å². The minimum absolute atomic E-state index is 0.323. The lowest BCUT2D eigenvalue weighted by molar-refractivity contribution is -0.146. The Morgan fingerprint density at radius 2 is 2.06 bits per heavy atom. The maximum Gasteiger partial charge on any atom is 0.330 e. The van der Waals surface area contributed by atoms with Crippen LogP contribution in [0.4, 0.5) is 5.13 Å². The summed E-state index contributed by atoms with van der Waals surface area (Å²) in [5.41, 5.74) is 4.96. The zero-order valence-corrected chi connectivity index (χ0v) is 11.0. The average molecular weight is 257 g/mol. The summed E-state index contributed by atoms with van der Waals surface area (Å²) in [4.78, 5) is 27.7. The number of aromatic nitrogens is 1. The molecule has 1 aromatic rings. The molecule has 0 aliphatic heterocycles. The van der Waals surface area contributed by atoms with Gasteiger partial charge in [-0.2, -0.15) is 0 Å². The molecule has 0 bridgehead atoms. The number of carbonyl (C=O) groups is 2. The fraction of sp³-hybridized carbons (Fsp3) is 0.500. The highest BCUT2D eigenvalue weighted by molar-refractivity contribution is 7.17. The summed E-state index contributed by atoms with van der Waals surface area (Å²) < 4.78 is 4.60. The molecule has 0 aliphatic rings. The van der Waals surface area contributed by atoms with Crippen molar-refractivity contribution in [1.29, 1.82) is 0 Å². The molecule has 17 heavy (non-hydrogen) atoms. The van der Waals surface area contributed by atoms with Crippen molar-refractivity contribution in [3.05, 3.63) is 10.6 Å². The van der Waals surface area contributed by atoms with E-state index >= 15 is 0 Å². The zero-order chi connectivity index (χ0) is 13.2. The van der Waals surface area contributed by atoms with Crippen LogP contribution in [0.1, 0.15) is 29.2 Å². The van der Waals surface area contributed by atoms with Crippen LogP contribution >= 0.6 is 11.3 Å². The van der Waals surface area contributed by atoms with Crippen LogP contribution in [0.15, 0.2) is 0 Å². The summed E-state index contributed by atoms with van der Waals surface area (Å²) in [6.45, 7) is 4.82. The number of carbonyl (C=O) groups excluding carboxylic acids is 2. The first-order chi connectivity index (χ1) is 7.77. The van der Waals surface area contributed by atoms with Crippen molar-refractivity contribution in [3.8, 4) is 0 Å². The second kappa shape index (κ2) is 4.70. The van der Waals surface area contributed by atoms with Crippen molar-refractivity contribution in [2.24, 2.45) is 0 Å². The summed E-state index contributed by atoms with van der Waals surface area (Å²) in [5, 5.41) is 2.90. The topological polar surface area (TPSA) is 94.3 Å². The van der Waals surface area contributed by atoms with Gasteiger partial charge in [-0.05, 0) is 20.8 Å². The summed E-state index contributed by atoms with van der Waals surface area (Å²) in [7, 11) is 1.27. The molecule has 0 aromatic carbocycles. The van der Waals surface area contributed by atoms with E-state index in [-0.39, 0.29) is 5.91 Å². The van der Waals surface area contributed by atoms with Crippen molar-refractivity contribution < 1.29 is 14.3 Å². The fourth-order valence-corrected chi connectivity index (χ4v) is 2.00. The zero-order valence-electron chi connectivity index (χ0n) is 10.2. The van der Waals surface area contributed by atoms with Gasteiger partial charge in [-0.15, -0.1) is 0 Å². The van der Waals surface area contributed by atoms with Gasteiger partial charge in [-0.3, -0.25) is 4.79 Å². The fourth-order valence-electron chi connectivity index (χ4n) is 1.27. The molecule has 3 N–H and O–H groups in total. The van der Waals surface area contributed by atoms with Gasteiger partial charge in [0, 0.05) is 0 Å². The quantitative estimate of drug-likeness (QED) is 0.778. The van der Waals surface area contributed by atoms with Crippen LogP contribution in [0.25, 0.3) is 0 Å². The van der Waals surface area contributed by atoms with Crippen LogP contribution in [-0.4, -0.2) is 29.5 Å². The van der Waals surface area contributed by atoms with Crippen LogP contribution in [-0.2, 0) is 9.53 Å². The van der Waals surface area contributed by atoms with Crippen LogP contribution in [0.2, 0.25) is 0 Å². The molecule has 0 radical (unpaired) electrons. The number of hydrogen-bond donors (Lipinski definition) is 2. The largest absolute Gasteiger partial charge is 0.467 e. The number of rotatable bonds is 3. The van der Waals surface area contributed by atoms with Gasteiger partial charge in [0.25, 0.3) is 5.91 Å². The van der Waals surface area contributed by atoms with Gasteiger partial charge in [0.2, 0.25) is 0 Å². The first kappa shape index (κ1) is 13.4. The summed E-state index contributed by atoms with van der Waals surface area (Å²) in [5.74, 6) is -0.895. The lowest BCUT2D eigenvalue weighted by atomic mass is 10.1. The monoisotopic (exact) mass is 257 g/mol. The Kier molecular flexibility index (Phi) is 3.72. The number of amides is 1. The molecular weight excluding hydrogens is 242 g/mol. The molecule has 0 fully saturated rings. The Morgan fingerprint density at radius 1 is 1.47 bits per heavy atom.